The zero-order valence-corrected chi connectivity index (χ0v) is 9.78. The van der Waals surface area contributed by atoms with Crippen LogP contribution in [0, 0.1) is 0 Å². The molecule has 0 spiro atoms. The van der Waals surface area contributed by atoms with Gasteiger partial charge < -0.3 is 5.73 Å². The monoisotopic (exact) mass is 236 g/mol. The Morgan fingerprint density at radius 2 is 2.00 bits per heavy atom. The molecule has 5 heteroatoms. The molecule has 2 rings (SSSR count). The summed E-state index contributed by atoms with van der Waals surface area (Å²) in [5.74, 6) is 1.61. The van der Waals surface area contributed by atoms with Crippen LogP contribution < -0.4 is 5.73 Å². The zero-order chi connectivity index (χ0) is 11.5. The van der Waals surface area contributed by atoms with Crippen LogP contribution in [0.4, 0.5) is 0 Å². The lowest BCUT2D eigenvalue weighted by Crippen LogP contribution is -2.08. The Balaban J connectivity index is 2.33. The quantitative estimate of drug-likeness (QED) is 0.882. The molecule has 0 aliphatic rings. The van der Waals surface area contributed by atoms with Crippen molar-refractivity contribution in [2.45, 2.75) is 6.42 Å². The van der Waals surface area contributed by atoms with E-state index in [0.717, 1.165) is 17.8 Å². The van der Waals surface area contributed by atoms with E-state index in [0.29, 0.717) is 17.4 Å². The Morgan fingerprint density at radius 3 is 2.62 bits per heavy atom. The molecule has 0 bridgehead atoms. The van der Waals surface area contributed by atoms with E-state index >= 15 is 0 Å². The molecule has 0 radical (unpaired) electrons. The Bertz CT molecular complexity index is 475. The molecule has 2 aromatic rings. The number of hydrogen-bond acceptors (Lipinski definition) is 3. The minimum atomic E-state index is 0.576. The first kappa shape index (κ1) is 11.1. The molecule has 0 aliphatic heterocycles. The third kappa shape index (κ3) is 2.23. The third-order valence-electron chi connectivity index (χ3n) is 2.32. The first-order valence-corrected chi connectivity index (χ1v) is 5.44. The van der Waals surface area contributed by atoms with Crippen LogP contribution in [-0.4, -0.2) is 21.3 Å². The normalized spacial score (nSPS) is 10.7. The van der Waals surface area contributed by atoms with E-state index in [-0.39, 0.29) is 0 Å². The highest BCUT2D eigenvalue weighted by Gasteiger charge is 2.08. The summed E-state index contributed by atoms with van der Waals surface area (Å²) in [6, 6.07) is 7.47. The highest BCUT2D eigenvalue weighted by Crippen LogP contribution is 2.18. The van der Waals surface area contributed by atoms with Gasteiger partial charge in [0.1, 0.15) is 5.82 Å². The van der Waals surface area contributed by atoms with Crippen LogP contribution >= 0.6 is 11.6 Å². The third-order valence-corrected chi connectivity index (χ3v) is 2.58. The van der Waals surface area contributed by atoms with Gasteiger partial charge in [0.05, 0.1) is 0 Å². The summed E-state index contributed by atoms with van der Waals surface area (Å²) >= 11 is 5.82. The fourth-order valence-electron chi connectivity index (χ4n) is 1.48. The maximum absolute atomic E-state index is 5.82. The second-order valence-electron chi connectivity index (χ2n) is 3.52. The molecule has 0 amide bonds. The summed E-state index contributed by atoms with van der Waals surface area (Å²) in [5.41, 5.74) is 6.46. The Morgan fingerprint density at radius 1 is 1.31 bits per heavy atom. The molecule has 0 aliphatic carbocycles. The zero-order valence-electron chi connectivity index (χ0n) is 9.02. The van der Waals surface area contributed by atoms with Gasteiger partial charge in [-0.05, 0) is 30.8 Å². The first-order chi connectivity index (χ1) is 7.70. The molecule has 1 heterocycles. The molecular formula is C11H13ClN4. The molecule has 1 aromatic heterocycles. The predicted octanol–water partition coefficient (Wildman–Crippen LogP) is 1.64. The Hall–Kier alpha value is -1.39. The highest BCUT2D eigenvalue weighted by molar-refractivity contribution is 6.30. The van der Waals surface area contributed by atoms with Crippen molar-refractivity contribution in [3.63, 3.8) is 0 Å². The van der Waals surface area contributed by atoms with Crippen LogP contribution in [0.25, 0.3) is 11.4 Å². The van der Waals surface area contributed by atoms with Crippen molar-refractivity contribution in [2.24, 2.45) is 12.8 Å². The van der Waals surface area contributed by atoms with Gasteiger partial charge in [-0.15, -0.1) is 0 Å². The van der Waals surface area contributed by atoms with Gasteiger partial charge in [0.25, 0.3) is 0 Å². The van der Waals surface area contributed by atoms with Crippen molar-refractivity contribution in [3.8, 4) is 11.4 Å². The summed E-state index contributed by atoms with van der Waals surface area (Å²) in [7, 11) is 1.87. The van der Waals surface area contributed by atoms with Crippen molar-refractivity contribution < 1.29 is 0 Å². The van der Waals surface area contributed by atoms with Crippen LogP contribution in [0.15, 0.2) is 24.3 Å². The van der Waals surface area contributed by atoms with E-state index in [2.05, 4.69) is 10.1 Å². The number of aromatic nitrogens is 3. The largest absolute Gasteiger partial charge is 0.330 e. The predicted molar refractivity (Wildman–Crippen MR) is 64.2 cm³/mol. The van der Waals surface area contributed by atoms with Crippen molar-refractivity contribution in [2.75, 3.05) is 6.54 Å². The number of hydrogen-bond donors (Lipinski definition) is 1. The van der Waals surface area contributed by atoms with E-state index < -0.39 is 0 Å². The van der Waals surface area contributed by atoms with Gasteiger partial charge >= 0.3 is 0 Å². The molecule has 0 atom stereocenters. The van der Waals surface area contributed by atoms with Gasteiger partial charge in [0, 0.05) is 24.1 Å². The highest BCUT2D eigenvalue weighted by atomic mass is 35.5. The smallest absolute Gasteiger partial charge is 0.181 e. The lowest BCUT2D eigenvalue weighted by molar-refractivity contribution is 0.697. The maximum atomic E-state index is 5.82. The molecule has 0 unspecified atom stereocenters. The summed E-state index contributed by atoms with van der Waals surface area (Å²) in [5, 5.41) is 5.05. The summed E-state index contributed by atoms with van der Waals surface area (Å²) < 4.78 is 1.76. The van der Waals surface area contributed by atoms with E-state index in [9.17, 15) is 0 Å². The fraction of sp³-hybridized carbons (Fsp3) is 0.273. The van der Waals surface area contributed by atoms with Crippen molar-refractivity contribution >= 4 is 11.6 Å². The summed E-state index contributed by atoms with van der Waals surface area (Å²) in [6.45, 7) is 0.576. The second kappa shape index (κ2) is 4.63. The number of halogens is 1. The van der Waals surface area contributed by atoms with Gasteiger partial charge in [-0.25, -0.2) is 4.98 Å². The van der Waals surface area contributed by atoms with Gasteiger partial charge in [0.2, 0.25) is 0 Å². The number of benzene rings is 1. The van der Waals surface area contributed by atoms with E-state index in [1.54, 1.807) is 4.68 Å². The first-order valence-electron chi connectivity index (χ1n) is 5.06. The van der Waals surface area contributed by atoms with Crippen molar-refractivity contribution in [1.29, 1.82) is 0 Å². The molecule has 0 fully saturated rings. The van der Waals surface area contributed by atoms with E-state index in [1.807, 2.05) is 31.3 Å². The summed E-state index contributed by atoms with van der Waals surface area (Å²) in [6.07, 6.45) is 0.733. The second-order valence-corrected chi connectivity index (χ2v) is 3.96. The number of aryl methyl sites for hydroxylation is 1. The fourth-order valence-corrected chi connectivity index (χ4v) is 1.61. The average molecular weight is 237 g/mol. The molecule has 1 aromatic carbocycles. The number of rotatable bonds is 3. The molecule has 2 N–H and O–H groups in total. The van der Waals surface area contributed by atoms with Crippen LogP contribution in [0.3, 0.4) is 0 Å². The van der Waals surface area contributed by atoms with Crippen molar-refractivity contribution in [3.05, 3.63) is 35.1 Å². The number of nitrogens with zero attached hydrogens (tertiary/aromatic N) is 3. The van der Waals surface area contributed by atoms with Gasteiger partial charge in [0.15, 0.2) is 5.82 Å². The average Bonchev–Trinajstić information content (AvgIpc) is 2.62. The molecule has 16 heavy (non-hydrogen) atoms. The number of nitrogens with two attached hydrogens (primary N) is 1. The lowest BCUT2D eigenvalue weighted by atomic mass is 10.2. The topological polar surface area (TPSA) is 56.7 Å². The van der Waals surface area contributed by atoms with Gasteiger partial charge in [-0.2, -0.15) is 5.10 Å². The van der Waals surface area contributed by atoms with Gasteiger partial charge in [-0.1, -0.05) is 11.6 Å². The molecule has 4 nitrogen and oxygen atoms in total. The minimum absolute atomic E-state index is 0.576. The van der Waals surface area contributed by atoms with Crippen LogP contribution in [-0.2, 0) is 13.5 Å². The SMILES string of the molecule is Cn1nc(-c2ccc(Cl)cc2)nc1CCN. The van der Waals surface area contributed by atoms with Crippen molar-refractivity contribution in [1.82, 2.24) is 14.8 Å². The van der Waals surface area contributed by atoms with Crippen LogP contribution in [0.5, 0.6) is 0 Å². The summed E-state index contributed by atoms with van der Waals surface area (Å²) in [4.78, 5) is 4.43. The lowest BCUT2D eigenvalue weighted by Gasteiger charge is -1.94. The Labute approximate surface area is 99.1 Å². The minimum Gasteiger partial charge on any atom is -0.330 e. The molecular weight excluding hydrogens is 224 g/mol. The van der Waals surface area contributed by atoms with Crippen LogP contribution in [0.1, 0.15) is 5.82 Å². The molecule has 0 saturated heterocycles. The maximum Gasteiger partial charge on any atom is 0.181 e. The van der Waals surface area contributed by atoms with E-state index in [4.69, 9.17) is 17.3 Å². The standard InChI is InChI=1S/C11H13ClN4/c1-16-10(6-7-13)14-11(15-16)8-2-4-9(12)5-3-8/h2-5H,6-7,13H2,1H3. The van der Waals surface area contributed by atoms with E-state index in [1.165, 1.54) is 0 Å². The van der Waals surface area contributed by atoms with Crippen LogP contribution in [0.2, 0.25) is 5.02 Å². The molecule has 84 valence electrons. The van der Waals surface area contributed by atoms with Gasteiger partial charge in [-0.3, -0.25) is 4.68 Å². The molecule has 0 saturated carbocycles. The Kier molecular flexibility index (Phi) is 3.22.